The van der Waals surface area contributed by atoms with Gasteiger partial charge in [-0.2, -0.15) is 11.8 Å². The van der Waals surface area contributed by atoms with Gasteiger partial charge in [-0.05, 0) is 44.2 Å². The van der Waals surface area contributed by atoms with Gasteiger partial charge in [0, 0.05) is 0 Å². The summed E-state index contributed by atoms with van der Waals surface area (Å²) in [6.07, 6.45) is 2.79. The summed E-state index contributed by atoms with van der Waals surface area (Å²) in [7, 11) is 0. The van der Waals surface area contributed by atoms with Gasteiger partial charge in [0.05, 0.1) is 19.1 Å². The lowest BCUT2D eigenvalue weighted by atomic mass is 10.1. The molecule has 0 radical (unpaired) electrons. The first kappa shape index (κ1) is 29.6. The van der Waals surface area contributed by atoms with E-state index in [1.54, 1.807) is 6.26 Å². The highest BCUT2D eigenvalue weighted by Crippen LogP contribution is 2.05. The van der Waals surface area contributed by atoms with Crippen molar-refractivity contribution in [2.45, 2.75) is 56.3 Å². The zero-order valence-corrected chi connectivity index (χ0v) is 18.9. The summed E-state index contributed by atoms with van der Waals surface area (Å²) in [6.45, 7) is -0.404. The number of aliphatic hydroxyl groups excluding tert-OH is 1. The van der Waals surface area contributed by atoms with Crippen LogP contribution in [0.15, 0.2) is 0 Å². The molecule has 0 spiro atoms. The van der Waals surface area contributed by atoms with Gasteiger partial charge in [0.2, 0.25) is 23.6 Å². The number of carbonyl (C=O) groups is 5. The molecule has 0 heterocycles. The van der Waals surface area contributed by atoms with Crippen LogP contribution in [0, 0.1) is 0 Å². The van der Waals surface area contributed by atoms with E-state index in [1.807, 2.05) is 0 Å². The van der Waals surface area contributed by atoms with E-state index in [0.29, 0.717) is 25.1 Å². The molecule has 0 aromatic heterocycles. The number of carboxylic acid groups (broad SMARTS) is 1. The Bertz CT molecular complexity index is 651. The van der Waals surface area contributed by atoms with E-state index in [2.05, 4.69) is 16.0 Å². The number of primary amides is 1. The van der Waals surface area contributed by atoms with Gasteiger partial charge in [0.25, 0.3) is 0 Å². The van der Waals surface area contributed by atoms with E-state index in [1.165, 1.54) is 11.8 Å². The summed E-state index contributed by atoms with van der Waals surface area (Å²) in [5.41, 5.74) is 15.9. The molecule has 0 aliphatic rings. The lowest BCUT2D eigenvalue weighted by Crippen LogP contribution is -2.58. The van der Waals surface area contributed by atoms with Crippen molar-refractivity contribution >= 4 is 41.4 Å². The van der Waals surface area contributed by atoms with Crippen LogP contribution in [0.3, 0.4) is 0 Å². The molecule has 0 saturated carbocycles. The van der Waals surface area contributed by atoms with Gasteiger partial charge in [-0.25, -0.2) is 4.79 Å². The van der Waals surface area contributed by atoms with Crippen LogP contribution < -0.4 is 33.2 Å². The van der Waals surface area contributed by atoms with Crippen molar-refractivity contribution in [2.24, 2.45) is 17.2 Å². The number of unbranched alkanes of at least 4 members (excludes halogenated alkanes) is 1. The fourth-order valence-electron chi connectivity index (χ4n) is 2.58. The lowest BCUT2D eigenvalue weighted by Gasteiger charge is -2.24. The first-order valence-corrected chi connectivity index (χ1v) is 11.4. The molecule has 0 saturated heterocycles. The van der Waals surface area contributed by atoms with Crippen molar-refractivity contribution in [1.82, 2.24) is 16.0 Å². The standard InChI is InChI=1S/C18H34N6O7S/c1-32-7-5-11(16(28)23-12(18(30)31)4-2-3-6-19)22-17(29)13(9-25)24-15(27)10(20)8-14(21)26/h10-13,25H,2-9,19-20H2,1H3,(H2,21,26)(H,22,29)(H,23,28)(H,24,27)(H,30,31). The largest absolute Gasteiger partial charge is 0.480 e. The van der Waals surface area contributed by atoms with Crippen LogP contribution in [0.2, 0.25) is 0 Å². The van der Waals surface area contributed by atoms with E-state index in [9.17, 15) is 34.2 Å². The molecule has 0 aromatic rings. The maximum atomic E-state index is 12.7. The summed E-state index contributed by atoms with van der Waals surface area (Å²) < 4.78 is 0. The molecule has 184 valence electrons. The maximum Gasteiger partial charge on any atom is 0.326 e. The molecule has 11 N–H and O–H groups in total. The quantitative estimate of drug-likeness (QED) is 0.0963. The fourth-order valence-corrected chi connectivity index (χ4v) is 3.05. The number of aliphatic carboxylic acids is 1. The van der Waals surface area contributed by atoms with Gasteiger partial charge in [0.1, 0.15) is 18.1 Å². The van der Waals surface area contributed by atoms with Crippen LogP contribution in [-0.2, 0) is 24.0 Å². The molecule has 0 rings (SSSR count). The molecule has 4 unspecified atom stereocenters. The molecule has 0 fully saturated rings. The average Bonchev–Trinajstić information content (AvgIpc) is 2.72. The van der Waals surface area contributed by atoms with Crippen LogP contribution >= 0.6 is 11.8 Å². The zero-order chi connectivity index (χ0) is 24.7. The van der Waals surface area contributed by atoms with Crippen molar-refractivity contribution in [1.29, 1.82) is 0 Å². The second-order valence-corrected chi connectivity index (χ2v) is 8.03. The number of amides is 4. The second kappa shape index (κ2) is 16.2. The highest BCUT2D eigenvalue weighted by Gasteiger charge is 2.30. The van der Waals surface area contributed by atoms with Crippen molar-refractivity contribution < 1.29 is 34.2 Å². The summed E-state index contributed by atoms with van der Waals surface area (Å²) in [5.74, 6) is -4.01. The van der Waals surface area contributed by atoms with Crippen molar-refractivity contribution in [3.05, 3.63) is 0 Å². The van der Waals surface area contributed by atoms with Crippen molar-refractivity contribution in [3.63, 3.8) is 0 Å². The molecule has 0 aliphatic heterocycles. The molecule has 0 bridgehead atoms. The van der Waals surface area contributed by atoms with E-state index in [-0.39, 0.29) is 12.8 Å². The summed E-state index contributed by atoms with van der Waals surface area (Å²) in [5, 5.41) is 25.8. The Kier molecular flexibility index (Phi) is 15.0. The first-order chi connectivity index (χ1) is 15.1. The van der Waals surface area contributed by atoms with E-state index < -0.39 is 66.8 Å². The molecule has 0 aliphatic carbocycles. The van der Waals surface area contributed by atoms with Gasteiger partial charge in [-0.15, -0.1) is 0 Å². The van der Waals surface area contributed by atoms with Crippen LogP contribution in [0.25, 0.3) is 0 Å². The third kappa shape index (κ3) is 11.8. The average molecular weight is 479 g/mol. The predicted octanol–water partition coefficient (Wildman–Crippen LogP) is -3.40. The van der Waals surface area contributed by atoms with Crippen LogP contribution in [-0.4, -0.2) is 89.1 Å². The summed E-state index contributed by atoms with van der Waals surface area (Å²) in [4.78, 5) is 59.5. The third-order valence-corrected chi connectivity index (χ3v) is 5.02. The molecular formula is C18H34N6O7S. The number of carbonyl (C=O) groups excluding carboxylic acids is 4. The Morgan fingerprint density at radius 2 is 1.47 bits per heavy atom. The monoisotopic (exact) mass is 478 g/mol. The van der Waals surface area contributed by atoms with Gasteiger partial charge in [0.15, 0.2) is 0 Å². The Labute approximate surface area is 190 Å². The second-order valence-electron chi connectivity index (χ2n) is 7.05. The van der Waals surface area contributed by atoms with Gasteiger partial charge >= 0.3 is 5.97 Å². The number of nitrogens with one attached hydrogen (secondary N) is 3. The maximum absolute atomic E-state index is 12.7. The Morgan fingerprint density at radius 1 is 0.906 bits per heavy atom. The summed E-state index contributed by atoms with van der Waals surface area (Å²) >= 11 is 1.41. The third-order valence-electron chi connectivity index (χ3n) is 4.38. The minimum absolute atomic E-state index is 0.175. The Morgan fingerprint density at radius 3 is 1.97 bits per heavy atom. The summed E-state index contributed by atoms with van der Waals surface area (Å²) in [6, 6.07) is -5.00. The zero-order valence-electron chi connectivity index (χ0n) is 18.0. The molecule has 13 nitrogen and oxygen atoms in total. The number of thioether (sulfide) groups is 1. The number of carboxylic acids is 1. The van der Waals surface area contributed by atoms with Gasteiger partial charge in [-0.1, -0.05) is 0 Å². The Balaban J connectivity index is 5.18. The fraction of sp³-hybridized carbons (Fsp3) is 0.722. The van der Waals surface area contributed by atoms with Crippen LogP contribution in [0.1, 0.15) is 32.1 Å². The molecule has 32 heavy (non-hydrogen) atoms. The van der Waals surface area contributed by atoms with Crippen LogP contribution in [0.4, 0.5) is 0 Å². The van der Waals surface area contributed by atoms with Crippen LogP contribution in [0.5, 0.6) is 0 Å². The number of hydrogen-bond acceptors (Lipinski definition) is 9. The minimum atomic E-state index is -1.44. The minimum Gasteiger partial charge on any atom is -0.480 e. The lowest BCUT2D eigenvalue weighted by molar-refractivity contribution is -0.142. The SMILES string of the molecule is CSCCC(NC(=O)C(CO)NC(=O)C(N)CC(N)=O)C(=O)NC(CCCCN)C(=O)O. The topological polar surface area (TPSA) is 240 Å². The predicted molar refractivity (Wildman–Crippen MR) is 118 cm³/mol. The molecule has 4 atom stereocenters. The number of aliphatic hydroxyl groups is 1. The smallest absolute Gasteiger partial charge is 0.326 e. The van der Waals surface area contributed by atoms with Crippen molar-refractivity contribution in [3.8, 4) is 0 Å². The first-order valence-electron chi connectivity index (χ1n) is 10.0. The molecule has 4 amide bonds. The molecule has 0 aromatic carbocycles. The number of rotatable bonds is 17. The van der Waals surface area contributed by atoms with E-state index in [4.69, 9.17) is 17.2 Å². The van der Waals surface area contributed by atoms with E-state index >= 15 is 0 Å². The number of nitrogens with two attached hydrogens (primary N) is 3. The molecular weight excluding hydrogens is 444 g/mol. The van der Waals surface area contributed by atoms with Gasteiger partial charge in [-0.3, -0.25) is 19.2 Å². The van der Waals surface area contributed by atoms with Crippen molar-refractivity contribution in [2.75, 3.05) is 25.2 Å². The Hall–Kier alpha value is -2.42. The molecule has 14 heteroatoms. The highest BCUT2D eigenvalue weighted by atomic mass is 32.2. The highest BCUT2D eigenvalue weighted by molar-refractivity contribution is 7.98. The number of hydrogen-bond donors (Lipinski definition) is 8. The normalized spacial score (nSPS) is 14.5. The van der Waals surface area contributed by atoms with Gasteiger partial charge < -0.3 is 43.4 Å². The van der Waals surface area contributed by atoms with E-state index in [0.717, 1.165) is 0 Å².